The predicted octanol–water partition coefficient (Wildman–Crippen LogP) is 3.85. The summed E-state index contributed by atoms with van der Waals surface area (Å²) >= 11 is 9.53. The number of alkyl halides is 1. The van der Waals surface area contributed by atoms with Crippen LogP contribution >= 0.6 is 27.5 Å². The van der Waals surface area contributed by atoms with Gasteiger partial charge in [-0.25, -0.2) is 4.98 Å². The van der Waals surface area contributed by atoms with Crippen LogP contribution in [0.1, 0.15) is 24.7 Å². The van der Waals surface area contributed by atoms with E-state index in [-0.39, 0.29) is 0 Å². The summed E-state index contributed by atoms with van der Waals surface area (Å²) in [6, 6.07) is 6.82. The number of fused-ring (bicyclic) bond motifs is 1. The van der Waals surface area contributed by atoms with E-state index in [2.05, 4.69) is 50.6 Å². The molecular weight excluding hydrogens is 338 g/mol. The maximum atomic E-state index is 5.96. The van der Waals surface area contributed by atoms with Crippen LogP contribution in [0.4, 0.5) is 0 Å². The lowest BCUT2D eigenvalue weighted by Gasteiger charge is -2.32. The lowest BCUT2D eigenvalue weighted by atomic mass is 10.1. The molecular formula is C15H19BrClN3. The van der Waals surface area contributed by atoms with Crippen LogP contribution in [0.5, 0.6) is 0 Å². The number of piperidine rings is 1. The van der Waals surface area contributed by atoms with E-state index in [0.717, 1.165) is 28.8 Å². The molecule has 0 bridgehead atoms. The van der Waals surface area contributed by atoms with E-state index in [4.69, 9.17) is 16.6 Å². The molecule has 0 radical (unpaired) electrons. The molecule has 1 aliphatic rings. The lowest BCUT2D eigenvalue weighted by molar-refractivity contribution is 0.212. The van der Waals surface area contributed by atoms with Crippen molar-refractivity contribution in [1.82, 2.24) is 14.5 Å². The second kappa shape index (κ2) is 6.04. The van der Waals surface area contributed by atoms with Crippen molar-refractivity contribution in [3.05, 3.63) is 28.5 Å². The fraction of sp³-hybridized carbons (Fsp3) is 0.533. The maximum absolute atomic E-state index is 5.96. The highest BCUT2D eigenvalue weighted by atomic mass is 79.9. The number of rotatable bonds is 3. The number of benzene rings is 1. The molecule has 3 nitrogen and oxygen atoms in total. The van der Waals surface area contributed by atoms with Crippen molar-refractivity contribution in [2.45, 2.75) is 25.3 Å². The SMILES string of the molecule is CN1CCCC(n2c(CCCl)nc3ccc(Br)cc32)C1. The summed E-state index contributed by atoms with van der Waals surface area (Å²) < 4.78 is 3.52. The minimum atomic E-state index is 0.506. The molecule has 1 fully saturated rings. The fourth-order valence-corrected chi connectivity index (χ4v) is 3.65. The Balaban J connectivity index is 2.09. The summed E-state index contributed by atoms with van der Waals surface area (Å²) in [5.74, 6) is 1.74. The van der Waals surface area contributed by atoms with Gasteiger partial charge in [0.1, 0.15) is 5.82 Å². The van der Waals surface area contributed by atoms with Gasteiger partial charge in [0.15, 0.2) is 0 Å². The van der Waals surface area contributed by atoms with Crippen molar-refractivity contribution in [1.29, 1.82) is 0 Å². The van der Waals surface area contributed by atoms with Crippen LogP contribution in [0.2, 0.25) is 0 Å². The normalized spacial score (nSPS) is 20.6. The minimum Gasteiger partial charge on any atom is -0.323 e. The van der Waals surface area contributed by atoms with E-state index in [9.17, 15) is 0 Å². The zero-order chi connectivity index (χ0) is 14.1. The van der Waals surface area contributed by atoms with Gasteiger partial charge in [-0.3, -0.25) is 0 Å². The Morgan fingerprint density at radius 2 is 2.30 bits per heavy atom. The van der Waals surface area contributed by atoms with Crippen LogP contribution in [-0.2, 0) is 6.42 Å². The molecule has 1 aromatic carbocycles. The average Bonchev–Trinajstić information content (AvgIpc) is 2.76. The zero-order valence-electron chi connectivity index (χ0n) is 11.6. The number of aromatic nitrogens is 2. The molecule has 0 amide bonds. The number of hydrogen-bond donors (Lipinski definition) is 0. The van der Waals surface area contributed by atoms with Gasteiger partial charge in [0.2, 0.25) is 0 Å². The van der Waals surface area contributed by atoms with Gasteiger partial charge in [-0.05, 0) is 44.6 Å². The standard InChI is InChI=1S/C15H19BrClN3/c1-19-8-2-3-12(10-19)20-14-9-11(16)4-5-13(14)18-15(20)6-7-17/h4-5,9,12H,2-3,6-8,10H2,1H3. The molecule has 0 saturated carbocycles. The van der Waals surface area contributed by atoms with E-state index in [1.165, 1.54) is 24.9 Å². The Hall–Kier alpha value is -0.580. The fourth-order valence-electron chi connectivity index (χ4n) is 3.13. The average molecular weight is 357 g/mol. The highest BCUT2D eigenvalue weighted by molar-refractivity contribution is 9.10. The van der Waals surface area contributed by atoms with Gasteiger partial charge in [-0.15, -0.1) is 11.6 Å². The van der Waals surface area contributed by atoms with Crippen molar-refractivity contribution in [2.75, 3.05) is 26.0 Å². The molecule has 1 saturated heterocycles. The molecule has 5 heteroatoms. The Morgan fingerprint density at radius 3 is 3.05 bits per heavy atom. The molecule has 108 valence electrons. The van der Waals surface area contributed by atoms with Gasteiger partial charge in [-0.1, -0.05) is 15.9 Å². The number of halogens is 2. The van der Waals surface area contributed by atoms with Crippen LogP contribution in [-0.4, -0.2) is 40.5 Å². The number of aryl methyl sites for hydroxylation is 1. The van der Waals surface area contributed by atoms with Crippen LogP contribution < -0.4 is 0 Å². The summed E-state index contributed by atoms with van der Waals surface area (Å²) in [6.45, 7) is 2.28. The molecule has 2 heterocycles. The molecule has 3 rings (SSSR count). The second-order valence-electron chi connectivity index (χ2n) is 5.53. The minimum absolute atomic E-state index is 0.506. The van der Waals surface area contributed by atoms with Crippen LogP contribution in [0.25, 0.3) is 11.0 Å². The first-order valence-corrected chi connectivity index (χ1v) is 8.42. The molecule has 0 spiro atoms. The summed E-state index contributed by atoms with van der Waals surface area (Å²) in [5.41, 5.74) is 2.29. The number of likely N-dealkylation sites (N-methyl/N-ethyl adjacent to an activating group) is 1. The number of hydrogen-bond acceptors (Lipinski definition) is 2. The molecule has 0 aliphatic carbocycles. The van der Waals surface area contributed by atoms with Gasteiger partial charge in [0, 0.05) is 29.4 Å². The largest absolute Gasteiger partial charge is 0.323 e. The maximum Gasteiger partial charge on any atom is 0.111 e. The number of likely N-dealkylation sites (tertiary alicyclic amines) is 1. The molecule has 0 N–H and O–H groups in total. The highest BCUT2D eigenvalue weighted by Crippen LogP contribution is 2.29. The van der Waals surface area contributed by atoms with Crippen molar-refractivity contribution >= 4 is 38.6 Å². The number of imidazole rings is 1. The van der Waals surface area contributed by atoms with Crippen molar-refractivity contribution < 1.29 is 0 Å². The third kappa shape index (κ3) is 2.74. The van der Waals surface area contributed by atoms with Gasteiger partial charge in [0.05, 0.1) is 11.0 Å². The molecule has 1 aromatic heterocycles. The van der Waals surface area contributed by atoms with E-state index < -0.39 is 0 Å². The monoisotopic (exact) mass is 355 g/mol. The number of nitrogens with zero attached hydrogens (tertiary/aromatic N) is 3. The summed E-state index contributed by atoms with van der Waals surface area (Å²) in [6.07, 6.45) is 3.29. The predicted molar refractivity (Wildman–Crippen MR) is 87.6 cm³/mol. The van der Waals surface area contributed by atoms with Crippen LogP contribution in [0.3, 0.4) is 0 Å². The van der Waals surface area contributed by atoms with Crippen LogP contribution in [0.15, 0.2) is 22.7 Å². The smallest absolute Gasteiger partial charge is 0.111 e. The van der Waals surface area contributed by atoms with E-state index in [1.54, 1.807) is 0 Å². The Kier molecular flexibility index (Phi) is 4.34. The second-order valence-corrected chi connectivity index (χ2v) is 6.82. The van der Waals surface area contributed by atoms with Gasteiger partial charge in [-0.2, -0.15) is 0 Å². The Morgan fingerprint density at radius 1 is 1.45 bits per heavy atom. The zero-order valence-corrected chi connectivity index (χ0v) is 14.0. The van der Waals surface area contributed by atoms with Gasteiger partial charge >= 0.3 is 0 Å². The van der Waals surface area contributed by atoms with E-state index in [0.29, 0.717) is 11.9 Å². The Labute approximate surface area is 133 Å². The molecule has 2 aromatic rings. The summed E-state index contributed by atoms with van der Waals surface area (Å²) in [5, 5.41) is 0. The first kappa shape index (κ1) is 14.4. The van der Waals surface area contributed by atoms with E-state index >= 15 is 0 Å². The summed E-state index contributed by atoms with van der Waals surface area (Å²) in [4.78, 5) is 7.19. The van der Waals surface area contributed by atoms with Crippen LogP contribution in [0, 0.1) is 0 Å². The first-order chi connectivity index (χ1) is 9.69. The molecule has 1 aliphatic heterocycles. The van der Waals surface area contributed by atoms with Crippen molar-refractivity contribution in [3.63, 3.8) is 0 Å². The quantitative estimate of drug-likeness (QED) is 0.779. The third-order valence-electron chi connectivity index (χ3n) is 4.01. The molecule has 20 heavy (non-hydrogen) atoms. The van der Waals surface area contributed by atoms with Crippen molar-refractivity contribution in [3.8, 4) is 0 Å². The molecule has 1 unspecified atom stereocenters. The topological polar surface area (TPSA) is 21.1 Å². The third-order valence-corrected chi connectivity index (χ3v) is 4.69. The Bertz CT molecular complexity index is 610. The first-order valence-electron chi connectivity index (χ1n) is 7.10. The summed E-state index contributed by atoms with van der Waals surface area (Å²) in [7, 11) is 2.20. The molecule has 1 atom stereocenters. The van der Waals surface area contributed by atoms with Gasteiger partial charge < -0.3 is 9.47 Å². The van der Waals surface area contributed by atoms with Gasteiger partial charge in [0.25, 0.3) is 0 Å². The van der Waals surface area contributed by atoms with Crippen molar-refractivity contribution in [2.24, 2.45) is 0 Å². The van der Waals surface area contributed by atoms with E-state index in [1.807, 2.05) is 0 Å². The highest BCUT2D eigenvalue weighted by Gasteiger charge is 2.23. The lowest BCUT2D eigenvalue weighted by Crippen LogP contribution is -2.34.